The van der Waals surface area contributed by atoms with Gasteiger partial charge in [-0.3, -0.25) is 9.52 Å². The third kappa shape index (κ3) is 4.92. The molecular formula is C20H17FN2O3S. The van der Waals surface area contributed by atoms with Gasteiger partial charge >= 0.3 is 0 Å². The van der Waals surface area contributed by atoms with E-state index in [1.165, 1.54) is 30.3 Å². The second kappa shape index (κ2) is 8.01. The fraction of sp³-hybridized carbons (Fsp3) is 0.0500. The highest BCUT2D eigenvalue weighted by Gasteiger charge is 2.14. The second-order valence-electron chi connectivity index (χ2n) is 5.81. The van der Waals surface area contributed by atoms with Gasteiger partial charge in [-0.1, -0.05) is 36.4 Å². The Morgan fingerprint density at radius 1 is 0.815 bits per heavy atom. The summed E-state index contributed by atoms with van der Waals surface area (Å²) in [6, 6.07) is 20.3. The summed E-state index contributed by atoms with van der Waals surface area (Å²) in [7, 11) is -3.73. The Morgan fingerprint density at radius 2 is 1.44 bits per heavy atom. The SMILES string of the molecule is O=C(Cc1ccccc1F)Nc1ccc(S(=O)(=O)Nc2ccccc2)cc1. The highest BCUT2D eigenvalue weighted by atomic mass is 32.2. The molecule has 3 aromatic rings. The first-order chi connectivity index (χ1) is 12.9. The Hall–Kier alpha value is -3.19. The van der Waals surface area contributed by atoms with Crippen LogP contribution in [0.5, 0.6) is 0 Å². The second-order valence-corrected chi connectivity index (χ2v) is 7.49. The minimum Gasteiger partial charge on any atom is -0.326 e. The van der Waals surface area contributed by atoms with Crippen LogP contribution in [0.3, 0.4) is 0 Å². The molecule has 3 aromatic carbocycles. The molecular weight excluding hydrogens is 367 g/mol. The monoisotopic (exact) mass is 384 g/mol. The number of rotatable bonds is 6. The van der Waals surface area contributed by atoms with Crippen LogP contribution in [0.25, 0.3) is 0 Å². The standard InChI is InChI=1S/C20H17FN2O3S/c21-19-9-5-4-6-15(19)14-20(24)22-16-10-12-18(13-11-16)27(25,26)23-17-7-2-1-3-8-17/h1-13,23H,14H2,(H,22,24). The van der Waals surface area contributed by atoms with E-state index in [2.05, 4.69) is 10.0 Å². The van der Waals surface area contributed by atoms with Crippen LogP contribution >= 0.6 is 0 Å². The molecule has 0 radical (unpaired) electrons. The normalized spacial score (nSPS) is 11.0. The van der Waals surface area contributed by atoms with E-state index in [0.29, 0.717) is 16.9 Å². The molecule has 3 rings (SSSR count). The highest BCUT2D eigenvalue weighted by molar-refractivity contribution is 7.92. The molecule has 0 aliphatic carbocycles. The molecule has 7 heteroatoms. The van der Waals surface area contributed by atoms with Crippen LogP contribution in [-0.4, -0.2) is 14.3 Å². The Labute approximate surface area is 156 Å². The van der Waals surface area contributed by atoms with Crippen molar-refractivity contribution in [3.05, 3.63) is 90.2 Å². The maximum Gasteiger partial charge on any atom is 0.261 e. The number of para-hydroxylation sites is 1. The molecule has 138 valence electrons. The Kier molecular flexibility index (Phi) is 5.52. The van der Waals surface area contributed by atoms with Crippen LogP contribution in [0.2, 0.25) is 0 Å². The smallest absolute Gasteiger partial charge is 0.261 e. The summed E-state index contributed by atoms with van der Waals surface area (Å²) in [5, 5.41) is 2.63. The van der Waals surface area contributed by atoms with Crippen LogP contribution in [0.1, 0.15) is 5.56 Å². The van der Waals surface area contributed by atoms with Crippen molar-refractivity contribution in [1.29, 1.82) is 0 Å². The Bertz CT molecular complexity index is 1040. The number of anilines is 2. The van der Waals surface area contributed by atoms with Crippen LogP contribution in [0, 0.1) is 5.82 Å². The van der Waals surface area contributed by atoms with Crippen molar-refractivity contribution in [1.82, 2.24) is 0 Å². The number of hydrogen-bond acceptors (Lipinski definition) is 3. The molecule has 2 N–H and O–H groups in total. The third-order valence-electron chi connectivity index (χ3n) is 3.78. The van der Waals surface area contributed by atoms with E-state index >= 15 is 0 Å². The van der Waals surface area contributed by atoms with Gasteiger partial charge in [0.25, 0.3) is 10.0 Å². The molecule has 5 nitrogen and oxygen atoms in total. The van der Waals surface area contributed by atoms with Crippen LogP contribution in [0.15, 0.2) is 83.8 Å². The van der Waals surface area contributed by atoms with E-state index in [-0.39, 0.29) is 11.3 Å². The predicted molar refractivity (Wildman–Crippen MR) is 102 cm³/mol. The largest absolute Gasteiger partial charge is 0.326 e. The highest BCUT2D eigenvalue weighted by Crippen LogP contribution is 2.18. The van der Waals surface area contributed by atoms with Gasteiger partial charge in [-0.25, -0.2) is 12.8 Å². The molecule has 0 aliphatic rings. The van der Waals surface area contributed by atoms with Crippen molar-refractivity contribution >= 4 is 27.3 Å². The number of halogens is 1. The van der Waals surface area contributed by atoms with Gasteiger partial charge in [0.15, 0.2) is 0 Å². The molecule has 0 saturated carbocycles. The predicted octanol–water partition coefficient (Wildman–Crippen LogP) is 3.81. The van der Waals surface area contributed by atoms with Gasteiger partial charge in [-0.15, -0.1) is 0 Å². The average Bonchev–Trinajstić information content (AvgIpc) is 2.64. The third-order valence-corrected chi connectivity index (χ3v) is 5.18. The lowest BCUT2D eigenvalue weighted by Gasteiger charge is -2.09. The zero-order valence-corrected chi connectivity index (χ0v) is 15.0. The van der Waals surface area contributed by atoms with E-state index in [4.69, 9.17) is 0 Å². The maximum atomic E-state index is 13.6. The fourth-order valence-corrected chi connectivity index (χ4v) is 3.52. The van der Waals surface area contributed by atoms with Crippen LogP contribution < -0.4 is 10.0 Å². The molecule has 0 aromatic heterocycles. The lowest BCUT2D eigenvalue weighted by atomic mass is 10.1. The van der Waals surface area contributed by atoms with Gasteiger partial charge in [-0.2, -0.15) is 0 Å². The number of hydrogen-bond donors (Lipinski definition) is 2. The summed E-state index contributed by atoms with van der Waals surface area (Å²) < 4.78 is 40.8. The first-order valence-electron chi connectivity index (χ1n) is 8.15. The Morgan fingerprint density at radius 3 is 2.11 bits per heavy atom. The first-order valence-corrected chi connectivity index (χ1v) is 9.63. The fourth-order valence-electron chi connectivity index (χ4n) is 2.46. The van der Waals surface area contributed by atoms with E-state index in [1.54, 1.807) is 48.5 Å². The van der Waals surface area contributed by atoms with Crippen molar-refractivity contribution in [2.75, 3.05) is 10.0 Å². The number of sulfonamides is 1. The lowest BCUT2D eigenvalue weighted by Crippen LogP contribution is -2.16. The van der Waals surface area contributed by atoms with Crippen molar-refractivity contribution in [2.45, 2.75) is 11.3 Å². The van der Waals surface area contributed by atoms with Crippen molar-refractivity contribution in [3.8, 4) is 0 Å². The molecule has 0 unspecified atom stereocenters. The summed E-state index contributed by atoms with van der Waals surface area (Å²) in [5.74, 6) is -0.834. The summed E-state index contributed by atoms with van der Waals surface area (Å²) >= 11 is 0. The van der Waals surface area contributed by atoms with E-state index < -0.39 is 21.7 Å². The van der Waals surface area contributed by atoms with Gasteiger partial charge in [0.2, 0.25) is 5.91 Å². The zero-order valence-electron chi connectivity index (χ0n) is 14.2. The number of benzene rings is 3. The summed E-state index contributed by atoms with van der Waals surface area (Å²) in [4.78, 5) is 12.1. The topological polar surface area (TPSA) is 75.3 Å². The number of carbonyl (C=O) groups excluding carboxylic acids is 1. The van der Waals surface area contributed by atoms with Gasteiger partial charge in [-0.05, 0) is 48.0 Å². The minimum absolute atomic E-state index is 0.0680. The summed E-state index contributed by atoms with van der Waals surface area (Å²) in [6.45, 7) is 0. The van der Waals surface area contributed by atoms with Crippen LogP contribution in [-0.2, 0) is 21.2 Å². The van der Waals surface area contributed by atoms with Gasteiger partial charge < -0.3 is 5.32 Å². The molecule has 27 heavy (non-hydrogen) atoms. The summed E-state index contributed by atoms with van der Waals surface area (Å²) in [6.07, 6.45) is -0.109. The number of nitrogens with one attached hydrogen (secondary N) is 2. The van der Waals surface area contributed by atoms with E-state index in [1.807, 2.05) is 0 Å². The minimum atomic E-state index is -3.73. The molecule has 1 amide bonds. The molecule has 0 spiro atoms. The van der Waals surface area contributed by atoms with Crippen molar-refractivity contribution < 1.29 is 17.6 Å². The zero-order chi connectivity index (χ0) is 19.3. The summed E-state index contributed by atoms with van der Waals surface area (Å²) in [5.41, 5.74) is 1.18. The van der Waals surface area contributed by atoms with Crippen LogP contribution in [0.4, 0.5) is 15.8 Å². The molecule has 0 aliphatic heterocycles. The quantitative estimate of drug-likeness (QED) is 0.679. The Balaban J connectivity index is 1.66. The molecule has 0 heterocycles. The van der Waals surface area contributed by atoms with Gasteiger partial charge in [0.1, 0.15) is 5.82 Å². The molecule has 0 bridgehead atoms. The van der Waals surface area contributed by atoms with Crippen molar-refractivity contribution in [2.24, 2.45) is 0 Å². The molecule has 0 atom stereocenters. The van der Waals surface area contributed by atoms with Gasteiger partial charge in [0.05, 0.1) is 11.3 Å². The lowest BCUT2D eigenvalue weighted by molar-refractivity contribution is -0.115. The molecule has 0 fully saturated rings. The first kappa shape index (κ1) is 18.6. The van der Waals surface area contributed by atoms with Crippen molar-refractivity contribution in [3.63, 3.8) is 0 Å². The number of amides is 1. The molecule has 0 saturated heterocycles. The van der Waals surface area contributed by atoms with Gasteiger partial charge in [0, 0.05) is 11.4 Å². The number of carbonyl (C=O) groups is 1. The maximum absolute atomic E-state index is 13.6. The average molecular weight is 384 g/mol. The van der Waals surface area contributed by atoms with E-state index in [9.17, 15) is 17.6 Å². The van der Waals surface area contributed by atoms with E-state index in [0.717, 1.165) is 0 Å².